The van der Waals surface area contributed by atoms with E-state index in [1.54, 1.807) is 12.1 Å². The molecule has 1 aromatic carbocycles. The van der Waals surface area contributed by atoms with Gasteiger partial charge in [0.25, 0.3) is 5.91 Å². The molecule has 0 aliphatic heterocycles. The van der Waals surface area contributed by atoms with Crippen LogP contribution in [0.4, 0.5) is 10.1 Å². The van der Waals surface area contributed by atoms with Gasteiger partial charge in [0.2, 0.25) is 0 Å². The summed E-state index contributed by atoms with van der Waals surface area (Å²) in [5, 5.41) is 2.64. The zero-order valence-corrected chi connectivity index (χ0v) is 10.2. The Morgan fingerprint density at radius 2 is 1.88 bits per heavy atom. The van der Waals surface area contributed by atoms with Gasteiger partial charge in [-0.15, -0.1) is 0 Å². The first-order chi connectivity index (χ1) is 8.15. The summed E-state index contributed by atoms with van der Waals surface area (Å²) in [5.41, 5.74) is 0.983. The molecule has 1 aromatic heterocycles. The first kappa shape index (κ1) is 11.7. The van der Waals surface area contributed by atoms with Gasteiger partial charge in [0.05, 0.1) is 5.56 Å². The average Bonchev–Trinajstić information content (AvgIpc) is 2.33. The van der Waals surface area contributed by atoms with Crippen LogP contribution in [0.2, 0.25) is 0 Å². The maximum Gasteiger partial charge on any atom is 0.257 e. The molecule has 3 nitrogen and oxygen atoms in total. The van der Waals surface area contributed by atoms with Crippen molar-refractivity contribution in [1.29, 1.82) is 0 Å². The molecular formula is C12H8BrFN2O. The summed E-state index contributed by atoms with van der Waals surface area (Å²) in [6.45, 7) is 0. The molecule has 0 atom stereocenters. The van der Waals surface area contributed by atoms with Gasteiger partial charge in [-0.3, -0.25) is 4.79 Å². The number of rotatable bonds is 2. The van der Waals surface area contributed by atoms with Crippen molar-refractivity contribution in [3.8, 4) is 0 Å². The van der Waals surface area contributed by atoms with Gasteiger partial charge in [-0.2, -0.15) is 0 Å². The first-order valence-corrected chi connectivity index (χ1v) is 5.63. The summed E-state index contributed by atoms with van der Waals surface area (Å²) in [5.74, 6) is -0.620. The summed E-state index contributed by atoms with van der Waals surface area (Å²) in [4.78, 5) is 15.7. The number of amides is 1. The Morgan fingerprint density at radius 3 is 2.47 bits per heavy atom. The number of hydrogen-bond donors (Lipinski definition) is 1. The highest BCUT2D eigenvalue weighted by atomic mass is 79.9. The van der Waals surface area contributed by atoms with Crippen molar-refractivity contribution in [3.05, 3.63) is 58.6 Å². The van der Waals surface area contributed by atoms with E-state index in [4.69, 9.17) is 0 Å². The number of halogens is 2. The van der Waals surface area contributed by atoms with Crippen LogP contribution in [0.25, 0.3) is 0 Å². The maximum atomic E-state index is 12.7. The van der Waals surface area contributed by atoms with Crippen molar-refractivity contribution >= 4 is 27.5 Å². The van der Waals surface area contributed by atoms with Crippen molar-refractivity contribution in [2.75, 3.05) is 5.32 Å². The van der Waals surface area contributed by atoms with Crippen LogP contribution in [-0.4, -0.2) is 10.9 Å². The maximum absolute atomic E-state index is 12.7. The molecule has 0 unspecified atom stereocenters. The number of hydrogen-bond acceptors (Lipinski definition) is 2. The van der Waals surface area contributed by atoms with Crippen molar-refractivity contribution < 1.29 is 9.18 Å². The molecule has 0 aliphatic carbocycles. The van der Waals surface area contributed by atoms with Crippen LogP contribution >= 0.6 is 15.9 Å². The molecule has 2 rings (SSSR count). The number of carbonyl (C=O) groups excluding carboxylic acids is 1. The summed E-state index contributed by atoms with van der Waals surface area (Å²) in [6, 6.07) is 8.90. The fraction of sp³-hybridized carbons (Fsp3) is 0. The quantitative estimate of drug-likeness (QED) is 0.864. The molecule has 0 aliphatic rings. The number of anilines is 1. The highest BCUT2D eigenvalue weighted by Gasteiger charge is 2.06. The van der Waals surface area contributed by atoms with Gasteiger partial charge in [0, 0.05) is 11.9 Å². The lowest BCUT2D eigenvalue weighted by Crippen LogP contribution is -2.11. The normalized spacial score (nSPS) is 10.0. The van der Waals surface area contributed by atoms with E-state index in [9.17, 15) is 9.18 Å². The monoisotopic (exact) mass is 294 g/mol. The zero-order chi connectivity index (χ0) is 12.3. The third-order valence-electron chi connectivity index (χ3n) is 2.09. The molecule has 0 spiro atoms. The lowest BCUT2D eigenvalue weighted by atomic mass is 10.2. The van der Waals surface area contributed by atoms with Gasteiger partial charge in [-0.1, -0.05) is 0 Å². The lowest BCUT2D eigenvalue weighted by molar-refractivity contribution is 0.102. The Bertz CT molecular complexity index is 525. The highest BCUT2D eigenvalue weighted by Crippen LogP contribution is 2.11. The number of nitrogens with one attached hydrogen (secondary N) is 1. The molecule has 86 valence electrons. The van der Waals surface area contributed by atoms with E-state index in [1.165, 1.54) is 30.5 Å². The van der Waals surface area contributed by atoms with Crippen LogP contribution in [0.5, 0.6) is 0 Å². The van der Waals surface area contributed by atoms with Crippen molar-refractivity contribution in [3.63, 3.8) is 0 Å². The number of aromatic nitrogens is 1. The standard InChI is InChI=1S/C12H8BrFN2O/c13-11-6-1-8(7-15-11)12(17)16-10-4-2-9(14)3-5-10/h1-7H,(H,16,17). The van der Waals surface area contributed by atoms with Crippen LogP contribution in [0, 0.1) is 5.82 Å². The molecule has 5 heteroatoms. The lowest BCUT2D eigenvalue weighted by Gasteiger charge is -2.04. The van der Waals surface area contributed by atoms with Gasteiger partial charge in [0.1, 0.15) is 10.4 Å². The average molecular weight is 295 g/mol. The Kier molecular flexibility index (Phi) is 3.49. The molecule has 0 radical (unpaired) electrons. The van der Waals surface area contributed by atoms with Gasteiger partial charge >= 0.3 is 0 Å². The smallest absolute Gasteiger partial charge is 0.257 e. The van der Waals surface area contributed by atoms with E-state index in [0.717, 1.165) is 0 Å². The van der Waals surface area contributed by atoms with E-state index in [0.29, 0.717) is 15.9 Å². The molecule has 17 heavy (non-hydrogen) atoms. The summed E-state index contributed by atoms with van der Waals surface area (Å²) < 4.78 is 13.3. The molecule has 1 heterocycles. The largest absolute Gasteiger partial charge is 0.322 e. The Hall–Kier alpha value is -1.75. The van der Waals surface area contributed by atoms with E-state index in [-0.39, 0.29) is 11.7 Å². The van der Waals surface area contributed by atoms with Crippen molar-refractivity contribution in [1.82, 2.24) is 4.98 Å². The molecule has 1 amide bonds. The van der Waals surface area contributed by atoms with Crippen LogP contribution in [0.3, 0.4) is 0 Å². The van der Waals surface area contributed by atoms with Crippen molar-refractivity contribution in [2.45, 2.75) is 0 Å². The number of nitrogens with zero attached hydrogens (tertiary/aromatic N) is 1. The number of benzene rings is 1. The van der Waals surface area contributed by atoms with Crippen LogP contribution < -0.4 is 5.32 Å². The Balaban J connectivity index is 2.11. The predicted molar refractivity (Wildman–Crippen MR) is 66.3 cm³/mol. The number of pyridine rings is 1. The molecule has 2 aromatic rings. The van der Waals surface area contributed by atoms with Gasteiger partial charge < -0.3 is 5.32 Å². The second-order valence-corrected chi connectivity index (χ2v) is 4.14. The van der Waals surface area contributed by atoms with Gasteiger partial charge in [0.15, 0.2) is 0 Å². The SMILES string of the molecule is O=C(Nc1ccc(F)cc1)c1ccc(Br)nc1. The van der Waals surface area contributed by atoms with Gasteiger partial charge in [-0.25, -0.2) is 9.37 Å². The van der Waals surface area contributed by atoms with E-state index < -0.39 is 0 Å². The minimum Gasteiger partial charge on any atom is -0.322 e. The minimum absolute atomic E-state index is 0.281. The second kappa shape index (κ2) is 5.05. The fourth-order valence-electron chi connectivity index (χ4n) is 1.25. The molecule has 1 N–H and O–H groups in total. The van der Waals surface area contributed by atoms with E-state index >= 15 is 0 Å². The summed E-state index contributed by atoms with van der Waals surface area (Å²) in [7, 11) is 0. The third kappa shape index (κ3) is 3.10. The molecule has 0 fully saturated rings. The Labute approximate surface area is 106 Å². The van der Waals surface area contributed by atoms with Crippen LogP contribution in [0.1, 0.15) is 10.4 Å². The van der Waals surface area contributed by atoms with Gasteiger partial charge in [-0.05, 0) is 52.3 Å². The molecular weight excluding hydrogens is 287 g/mol. The van der Waals surface area contributed by atoms with Crippen molar-refractivity contribution in [2.24, 2.45) is 0 Å². The highest BCUT2D eigenvalue weighted by molar-refractivity contribution is 9.10. The summed E-state index contributed by atoms with van der Waals surface area (Å²) in [6.07, 6.45) is 1.46. The van der Waals surface area contributed by atoms with Crippen LogP contribution in [0.15, 0.2) is 47.2 Å². The number of carbonyl (C=O) groups is 1. The molecule has 0 saturated carbocycles. The predicted octanol–water partition coefficient (Wildman–Crippen LogP) is 3.24. The van der Waals surface area contributed by atoms with Crippen LogP contribution in [-0.2, 0) is 0 Å². The van der Waals surface area contributed by atoms with E-state index in [1.807, 2.05) is 0 Å². The topological polar surface area (TPSA) is 42.0 Å². The molecule has 0 bridgehead atoms. The first-order valence-electron chi connectivity index (χ1n) is 4.83. The second-order valence-electron chi connectivity index (χ2n) is 3.33. The minimum atomic E-state index is -0.340. The third-order valence-corrected chi connectivity index (χ3v) is 2.56. The molecule has 0 saturated heterocycles. The summed E-state index contributed by atoms with van der Waals surface area (Å²) >= 11 is 3.18. The fourth-order valence-corrected chi connectivity index (χ4v) is 1.48. The zero-order valence-electron chi connectivity index (χ0n) is 8.65. The Morgan fingerprint density at radius 1 is 1.18 bits per heavy atom. The van der Waals surface area contributed by atoms with E-state index in [2.05, 4.69) is 26.2 Å².